The highest BCUT2D eigenvalue weighted by atomic mass is 16.6. The van der Waals surface area contributed by atoms with Gasteiger partial charge in [0.25, 0.3) is 0 Å². The number of anilines is 1. The molecule has 2 amide bonds. The Morgan fingerprint density at radius 3 is 2.21 bits per heavy atom. The summed E-state index contributed by atoms with van der Waals surface area (Å²) in [6, 6.07) is 7.39. The monoisotopic (exact) mass is 393 g/mol. The van der Waals surface area contributed by atoms with Crippen LogP contribution in [0.4, 0.5) is 15.3 Å². The molecule has 0 saturated carbocycles. The van der Waals surface area contributed by atoms with Crippen molar-refractivity contribution < 1.29 is 19.1 Å². The molecule has 0 fully saturated rings. The van der Waals surface area contributed by atoms with Gasteiger partial charge >= 0.3 is 12.2 Å². The molecule has 0 bridgehead atoms. The number of nitrogens with one attached hydrogen (secondary N) is 4. The Hall–Kier alpha value is -2.97. The van der Waals surface area contributed by atoms with Crippen LogP contribution in [0.3, 0.4) is 0 Å². The summed E-state index contributed by atoms with van der Waals surface area (Å²) in [5.41, 5.74) is 1.20. The summed E-state index contributed by atoms with van der Waals surface area (Å²) in [7, 11) is 3.01. The van der Waals surface area contributed by atoms with E-state index in [1.807, 2.05) is 32.9 Å². The van der Waals surface area contributed by atoms with Crippen molar-refractivity contribution in [2.24, 2.45) is 4.99 Å². The van der Waals surface area contributed by atoms with Gasteiger partial charge < -0.3 is 25.4 Å². The van der Waals surface area contributed by atoms with E-state index in [1.54, 1.807) is 19.2 Å². The summed E-state index contributed by atoms with van der Waals surface area (Å²) in [6.07, 6.45) is -0.190. The standard InChI is InChI=1S/C19H31N5O4/c1-19(2,3)28-17(25)22-12-6-11-21-16(20-4)23-13-14-7-9-15(10-8-14)24-18(26)27-5/h7-10H,6,11-13H2,1-5H3,(H,22,25)(H,24,26)(H2,20,21,23). The van der Waals surface area contributed by atoms with Crippen LogP contribution in [0.25, 0.3) is 0 Å². The quantitative estimate of drug-likeness (QED) is 0.321. The van der Waals surface area contributed by atoms with Crippen molar-refractivity contribution in [2.75, 3.05) is 32.6 Å². The van der Waals surface area contributed by atoms with E-state index in [4.69, 9.17) is 4.74 Å². The van der Waals surface area contributed by atoms with Gasteiger partial charge in [-0.05, 0) is 44.9 Å². The number of guanidine groups is 1. The molecule has 0 atom stereocenters. The van der Waals surface area contributed by atoms with Crippen molar-refractivity contribution in [1.82, 2.24) is 16.0 Å². The molecule has 4 N–H and O–H groups in total. The van der Waals surface area contributed by atoms with E-state index in [0.29, 0.717) is 31.3 Å². The van der Waals surface area contributed by atoms with Gasteiger partial charge in [0.05, 0.1) is 7.11 Å². The molecule has 0 aromatic heterocycles. The van der Waals surface area contributed by atoms with Gasteiger partial charge in [-0.3, -0.25) is 10.3 Å². The smallest absolute Gasteiger partial charge is 0.411 e. The van der Waals surface area contributed by atoms with E-state index in [2.05, 4.69) is 31.0 Å². The van der Waals surface area contributed by atoms with Gasteiger partial charge in [-0.15, -0.1) is 0 Å². The molecule has 1 aromatic rings. The van der Waals surface area contributed by atoms with Crippen LogP contribution in [-0.2, 0) is 16.0 Å². The van der Waals surface area contributed by atoms with Crippen molar-refractivity contribution >= 4 is 23.8 Å². The van der Waals surface area contributed by atoms with Gasteiger partial charge in [0.2, 0.25) is 0 Å². The summed E-state index contributed by atoms with van der Waals surface area (Å²) in [5.74, 6) is 0.661. The minimum Gasteiger partial charge on any atom is -0.453 e. The zero-order valence-corrected chi connectivity index (χ0v) is 17.2. The lowest BCUT2D eigenvalue weighted by Gasteiger charge is -2.19. The van der Waals surface area contributed by atoms with Crippen LogP contribution < -0.4 is 21.3 Å². The Morgan fingerprint density at radius 2 is 1.64 bits per heavy atom. The number of aliphatic imine (C=N–C) groups is 1. The zero-order valence-electron chi connectivity index (χ0n) is 17.2. The Bertz CT molecular complexity index is 653. The third-order valence-corrected chi connectivity index (χ3v) is 3.38. The fourth-order valence-electron chi connectivity index (χ4n) is 2.08. The van der Waals surface area contributed by atoms with Crippen LogP contribution in [-0.4, -0.2) is 51.0 Å². The first-order chi connectivity index (χ1) is 13.2. The molecular formula is C19H31N5O4. The molecule has 1 rings (SSSR count). The predicted octanol–water partition coefficient (Wildman–Crippen LogP) is 2.44. The van der Waals surface area contributed by atoms with E-state index in [-0.39, 0.29) is 0 Å². The van der Waals surface area contributed by atoms with E-state index in [9.17, 15) is 9.59 Å². The normalized spacial score (nSPS) is 11.4. The van der Waals surface area contributed by atoms with Gasteiger partial charge in [-0.1, -0.05) is 12.1 Å². The molecule has 0 aliphatic rings. The highest BCUT2D eigenvalue weighted by Crippen LogP contribution is 2.09. The third kappa shape index (κ3) is 10.2. The van der Waals surface area contributed by atoms with Crippen molar-refractivity contribution in [3.63, 3.8) is 0 Å². The summed E-state index contributed by atoms with van der Waals surface area (Å²) in [5, 5.41) is 11.7. The molecule has 156 valence electrons. The minimum absolute atomic E-state index is 0.417. The van der Waals surface area contributed by atoms with Gasteiger partial charge in [0, 0.05) is 32.4 Å². The number of hydrogen-bond donors (Lipinski definition) is 4. The zero-order chi connectivity index (χ0) is 21.0. The average molecular weight is 393 g/mol. The molecule has 1 aromatic carbocycles. The lowest BCUT2D eigenvalue weighted by atomic mass is 10.2. The van der Waals surface area contributed by atoms with Gasteiger partial charge in [-0.25, -0.2) is 9.59 Å². The molecule has 0 unspecified atom stereocenters. The predicted molar refractivity (Wildman–Crippen MR) is 110 cm³/mol. The Labute approximate surface area is 166 Å². The number of carbonyl (C=O) groups excluding carboxylic acids is 2. The molecule has 0 saturated heterocycles. The van der Waals surface area contributed by atoms with Gasteiger partial charge in [-0.2, -0.15) is 0 Å². The summed E-state index contributed by atoms with van der Waals surface area (Å²) in [4.78, 5) is 26.9. The number of benzene rings is 1. The molecule has 0 radical (unpaired) electrons. The number of hydrogen-bond acceptors (Lipinski definition) is 5. The number of rotatable bonds is 7. The maximum absolute atomic E-state index is 11.6. The Balaban J connectivity index is 2.26. The maximum atomic E-state index is 11.6. The van der Waals surface area contributed by atoms with Crippen LogP contribution in [0.5, 0.6) is 0 Å². The van der Waals surface area contributed by atoms with Crippen molar-refractivity contribution in [3.8, 4) is 0 Å². The second-order valence-electron chi connectivity index (χ2n) is 6.95. The lowest BCUT2D eigenvalue weighted by molar-refractivity contribution is 0.0527. The van der Waals surface area contributed by atoms with Crippen molar-refractivity contribution in [2.45, 2.75) is 39.3 Å². The fraction of sp³-hybridized carbons (Fsp3) is 0.526. The van der Waals surface area contributed by atoms with Crippen molar-refractivity contribution in [3.05, 3.63) is 29.8 Å². The molecule has 0 aliphatic carbocycles. The topological polar surface area (TPSA) is 113 Å². The van der Waals surface area contributed by atoms with Crippen LogP contribution in [0, 0.1) is 0 Å². The molecular weight excluding hydrogens is 362 g/mol. The van der Waals surface area contributed by atoms with Gasteiger partial charge in [0.15, 0.2) is 5.96 Å². The Morgan fingerprint density at radius 1 is 1.00 bits per heavy atom. The first-order valence-electron chi connectivity index (χ1n) is 9.09. The van der Waals surface area contributed by atoms with E-state index >= 15 is 0 Å². The number of alkyl carbamates (subject to hydrolysis) is 1. The molecule has 9 nitrogen and oxygen atoms in total. The second kappa shape index (κ2) is 11.7. The molecule has 0 aliphatic heterocycles. The third-order valence-electron chi connectivity index (χ3n) is 3.38. The summed E-state index contributed by atoms with van der Waals surface area (Å²) >= 11 is 0. The highest BCUT2D eigenvalue weighted by molar-refractivity contribution is 5.84. The van der Waals surface area contributed by atoms with E-state index in [1.165, 1.54) is 7.11 Å². The van der Waals surface area contributed by atoms with E-state index in [0.717, 1.165) is 12.0 Å². The number of carbonyl (C=O) groups is 2. The van der Waals surface area contributed by atoms with Crippen LogP contribution in [0.2, 0.25) is 0 Å². The second-order valence-corrected chi connectivity index (χ2v) is 6.95. The molecule has 0 heterocycles. The number of methoxy groups -OCH3 is 1. The molecule has 0 spiro atoms. The lowest BCUT2D eigenvalue weighted by Crippen LogP contribution is -2.39. The SMILES string of the molecule is CN=C(NCCCNC(=O)OC(C)(C)C)NCc1ccc(NC(=O)OC)cc1. The molecule has 28 heavy (non-hydrogen) atoms. The fourth-order valence-corrected chi connectivity index (χ4v) is 2.08. The average Bonchev–Trinajstić information content (AvgIpc) is 2.63. The van der Waals surface area contributed by atoms with Gasteiger partial charge in [0.1, 0.15) is 5.60 Å². The summed E-state index contributed by atoms with van der Waals surface area (Å²) in [6.45, 7) is 7.21. The van der Waals surface area contributed by atoms with E-state index < -0.39 is 17.8 Å². The number of nitrogens with zero attached hydrogens (tertiary/aromatic N) is 1. The molecule has 9 heteroatoms. The van der Waals surface area contributed by atoms with Crippen LogP contribution in [0.15, 0.2) is 29.3 Å². The largest absolute Gasteiger partial charge is 0.453 e. The van der Waals surface area contributed by atoms with Crippen LogP contribution >= 0.6 is 0 Å². The first-order valence-corrected chi connectivity index (χ1v) is 9.09. The number of ether oxygens (including phenoxy) is 2. The highest BCUT2D eigenvalue weighted by Gasteiger charge is 2.15. The van der Waals surface area contributed by atoms with Crippen molar-refractivity contribution in [1.29, 1.82) is 0 Å². The number of amides is 2. The van der Waals surface area contributed by atoms with Crippen LogP contribution in [0.1, 0.15) is 32.8 Å². The summed E-state index contributed by atoms with van der Waals surface area (Å²) < 4.78 is 9.72. The first kappa shape index (κ1) is 23.1. The Kier molecular flexibility index (Phi) is 9.63. The minimum atomic E-state index is -0.503. The maximum Gasteiger partial charge on any atom is 0.411 e.